The summed E-state index contributed by atoms with van der Waals surface area (Å²) >= 11 is 0. The summed E-state index contributed by atoms with van der Waals surface area (Å²) in [5.74, 6) is -0.925. The molecule has 12 heteroatoms. The van der Waals surface area contributed by atoms with E-state index in [0.717, 1.165) is 0 Å². The van der Waals surface area contributed by atoms with Gasteiger partial charge in [-0.25, -0.2) is 4.39 Å². The Hall–Kier alpha value is -4.22. The van der Waals surface area contributed by atoms with Crippen LogP contribution in [0.3, 0.4) is 0 Å². The minimum atomic E-state index is -6.26. The number of oxime groups is 1. The minimum absolute atomic E-state index is 0.102. The summed E-state index contributed by atoms with van der Waals surface area (Å²) in [6, 6.07) is 15.2. The van der Waals surface area contributed by atoms with Crippen molar-refractivity contribution in [3.8, 4) is 0 Å². The van der Waals surface area contributed by atoms with Gasteiger partial charge in [0.1, 0.15) is 0 Å². The van der Waals surface area contributed by atoms with Crippen molar-refractivity contribution >= 4 is 23.1 Å². The van der Waals surface area contributed by atoms with Gasteiger partial charge in [0, 0.05) is 41.8 Å². The van der Waals surface area contributed by atoms with Crippen molar-refractivity contribution < 1.29 is 45.5 Å². The van der Waals surface area contributed by atoms with E-state index in [-0.39, 0.29) is 35.2 Å². The van der Waals surface area contributed by atoms with Gasteiger partial charge in [-0.1, -0.05) is 47.6 Å². The third kappa shape index (κ3) is 6.63. The molecule has 3 aromatic rings. The first-order valence-electron chi connectivity index (χ1n) is 12.6. The van der Waals surface area contributed by atoms with E-state index in [0.29, 0.717) is 29.1 Å². The van der Waals surface area contributed by atoms with Gasteiger partial charge in [-0.15, -0.1) is 0 Å². The van der Waals surface area contributed by atoms with Crippen LogP contribution in [-0.4, -0.2) is 41.5 Å². The maximum absolute atomic E-state index is 14.6. The molecule has 0 saturated carbocycles. The summed E-state index contributed by atoms with van der Waals surface area (Å²) in [6.07, 6.45) is -12.7. The van der Waals surface area contributed by atoms with E-state index in [1.54, 1.807) is 43.3 Å². The zero-order chi connectivity index (χ0) is 31.5. The highest BCUT2D eigenvalue weighted by Gasteiger charge is 2.73. The molecule has 0 fully saturated rings. The second-order valence-corrected chi connectivity index (χ2v) is 9.80. The molecule has 0 atom stereocenters. The third-order valence-corrected chi connectivity index (χ3v) is 6.83. The number of halogens is 7. The summed E-state index contributed by atoms with van der Waals surface area (Å²) < 4.78 is 94.3. The zero-order valence-corrected chi connectivity index (χ0v) is 22.8. The Kier molecular flexibility index (Phi) is 9.49. The largest absolute Gasteiger partial charge is 0.435 e. The molecule has 0 aliphatic carbocycles. The van der Waals surface area contributed by atoms with E-state index in [9.17, 15) is 40.3 Å². The number of carbonyl (C=O) groups excluding carboxylic acids is 2. The van der Waals surface area contributed by atoms with Crippen LogP contribution < -0.4 is 4.90 Å². The van der Waals surface area contributed by atoms with Crippen LogP contribution in [0.25, 0.3) is 0 Å². The Morgan fingerprint density at radius 1 is 0.810 bits per heavy atom. The number of benzene rings is 3. The third-order valence-electron chi connectivity index (χ3n) is 6.83. The van der Waals surface area contributed by atoms with E-state index in [1.807, 2.05) is 0 Å². The maximum Gasteiger partial charge on any atom is 0.435 e. The molecule has 0 unspecified atom stereocenters. The molecule has 0 heterocycles. The lowest BCUT2D eigenvalue weighted by molar-refractivity contribution is -0.348. The van der Waals surface area contributed by atoms with Gasteiger partial charge in [0.05, 0.1) is 5.71 Å². The van der Waals surface area contributed by atoms with Crippen LogP contribution in [0.2, 0.25) is 0 Å². The summed E-state index contributed by atoms with van der Waals surface area (Å²) in [7, 11) is 0. The van der Waals surface area contributed by atoms with Crippen molar-refractivity contribution in [3.63, 3.8) is 0 Å². The van der Waals surface area contributed by atoms with Gasteiger partial charge in [-0.2, -0.15) is 26.3 Å². The molecule has 224 valence electrons. The first kappa shape index (κ1) is 32.3. The number of carbonyl (C=O) groups is 2. The molecule has 0 bridgehead atoms. The SMILES string of the molecule is C/C(CCN(C(=O)c1ccccc1)c1cccc(C(=O)Cc2c(C)cc(C(F)(C(F)(F)F)C(F)(F)F)cc2C)c1)=N\O. The maximum atomic E-state index is 14.6. The number of rotatable bonds is 9. The quantitative estimate of drug-likeness (QED) is 0.0898. The number of Topliss-reactive ketones (excluding diaryl/α,β-unsaturated/α-hetero) is 1. The van der Waals surface area contributed by atoms with Crippen LogP contribution in [0.1, 0.15) is 56.3 Å². The number of aryl methyl sites for hydroxylation is 2. The van der Waals surface area contributed by atoms with Gasteiger partial charge < -0.3 is 10.1 Å². The van der Waals surface area contributed by atoms with Gasteiger partial charge in [0.2, 0.25) is 0 Å². The number of anilines is 1. The number of ketones is 1. The van der Waals surface area contributed by atoms with E-state index >= 15 is 0 Å². The Morgan fingerprint density at radius 3 is 1.88 bits per heavy atom. The minimum Gasteiger partial charge on any atom is -0.411 e. The Morgan fingerprint density at radius 2 is 1.36 bits per heavy atom. The molecule has 3 aromatic carbocycles. The molecule has 0 aromatic heterocycles. The average Bonchev–Trinajstić information content (AvgIpc) is 2.93. The highest BCUT2D eigenvalue weighted by molar-refractivity contribution is 6.07. The van der Waals surface area contributed by atoms with Gasteiger partial charge in [0.25, 0.3) is 5.91 Å². The summed E-state index contributed by atoms with van der Waals surface area (Å²) in [5.41, 5.74) is -6.12. The molecule has 0 saturated heterocycles. The highest BCUT2D eigenvalue weighted by Crippen LogP contribution is 2.53. The number of hydrogen-bond donors (Lipinski definition) is 1. The van der Waals surface area contributed by atoms with Crippen LogP contribution >= 0.6 is 0 Å². The molecule has 42 heavy (non-hydrogen) atoms. The van der Waals surface area contributed by atoms with Crippen LogP contribution in [0, 0.1) is 13.8 Å². The molecule has 0 radical (unpaired) electrons. The Labute approximate surface area is 237 Å². The summed E-state index contributed by atoms with van der Waals surface area (Å²) in [6.45, 7) is 4.07. The fourth-order valence-electron chi connectivity index (χ4n) is 4.48. The predicted octanol–water partition coefficient (Wildman–Crippen LogP) is 7.91. The lowest BCUT2D eigenvalue weighted by atomic mass is 9.87. The molecule has 5 nitrogen and oxygen atoms in total. The summed E-state index contributed by atoms with van der Waals surface area (Å²) in [4.78, 5) is 28.0. The second kappa shape index (κ2) is 12.3. The van der Waals surface area contributed by atoms with E-state index in [4.69, 9.17) is 5.21 Å². The molecule has 1 N–H and O–H groups in total. The van der Waals surface area contributed by atoms with Crippen molar-refractivity contribution in [2.45, 2.75) is 51.6 Å². The number of nitrogens with zero attached hydrogens (tertiary/aromatic N) is 2. The summed E-state index contributed by atoms with van der Waals surface area (Å²) in [5, 5.41) is 12.1. The van der Waals surface area contributed by atoms with Gasteiger partial charge in [-0.3, -0.25) is 9.59 Å². The second-order valence-electron chi connectivity index (χ2n) is 9.80. The van der Waals surface area contributed by atoms with Crippen molar-refractivity contribution in [1.29, 1.82) is 0 Å². The molecule has 0 aliphatic rings. The Balaban J connectivity index is 1.96. The van der Waals surface area contributed by atoms with Crippen molar-refractivity contribution in [1.82, 2.24) is 0 Å². The van der Waals surface area contributed by atoms with E-state index < -0.39 is 41.7 Å². The molecule has 0 spiro atoms. The first-order valence-corrected chi connectivity index (χ1v) is 12.6. The topological polar surface area (TPSA) is 70.0 Å². The van der Waals surface area contributed by atoms with Gasteiger partial charge in [-0.05, 0) is 61.7 Å². The Bertz CT molecular complexity index is 1450. The molecule has 3 rings (SSSR count). The average molecular weight is 597 g/mol. The number of hydrogen-bond acceptors (Lipinski definition) is 4. The van der Waals surface area contributed by atoms with Gasteiger partial charge >= 0.3 is 18.0 Å². The molecule has 1 amide bonds. The molecule has 0 aliphatic heterocycles. The predicted molar refractivity (Wildman–Crippen MR) is 143 cm³/mol. The fourth-order valence-corrected chi connectivity index (χ4v) is 4.48. The number of amides is 1. The van der Waals surface area contributed by atoms with Crippen molar-refractivity contribution in [3.05, 3.63) is 100 Å². The van der Waals surface area contributed by atoms with Crippen LogP contribution in [-0.2, 0) is 12.1 Å². The zero-order valence-electron chi connectivity index (χ0n) is 22.8. The lowest BCUT2D eigenvalue weighted by Crippen LogP contribution is -2.50. The monoisotopic (exact) mass is 596 g/mol. The molecular formula is C30H27F7N2O3. The fraction of sp³-hybridized carbons (Fsp3) is 0.300. The smallest absolute Gasteiger partial charge is 0.411 e. The van der Waals surface area contributed by atoms with Crippen molar-refractivity contribution in [2.75, 3.05) is 11.4 Å². The normalized spacial score (nSPS) is 12.8. The van der Waals surface area contributed by atoms with Crippen LogP contribution in [0.15, 0.2) is 71.9 Å². The van der Waals surface area contributed by atoms with Gasteiger partial charge in [0.15, 0.2) is 5.78 Å². The first-order chi connectivity index (χ1) is 19.5. The van der Waals surface area contributed by atoms with Crippen molar-refractivity contribution in [2.24, 2.45) is 5.16 Å². The standard InChI is InChI=1S/C30H27F7N2O3/c1-18-14-23(28(31,29(32,33)34)30(35,36)37)15-19(2)25(18)17-26(40)22-10-7-11-24(16-22)39(13-12-20(3)38-42)27(41)21-8-5-4-6-9-21/h4-11,14-16,42H,12-13,17H2,1-3H3/b38-20+. The number of alkyl halides is 7. The van der Waals surface area contributed by atoms with E-state index in [2.05, 4.69) is 5.16 Å². The molecular weight excluding hydrogens is 569 g/mol. The van der Waals surface area contributed by atoms with Crippen LogP contribution in [0.5, 0.6) is 0 Å². The highest BCUT2D eigenvalue weighted by atomic mass is 19.4. The van der Waals surface area contributed by atoms with E-state index in [1.165, 1.54) is 36.9 Å². The van der Waals surface area contributed by atoms with Crippen LogP contribution in [0.4, 0.5) is 36.4 Å². The lowest BCUT2D eigenvalue weighted by Gasteiger charge is -2.31.